The van der Waals surface area contributed by atoms with E-state index in [2.05, 4.69) is 27.9 Å². The fourth-order valence-corrected chi connectivity index (χ4v) is 2.27. The molecule has 0 bridgehead atoms. The summed E-state index contributed by atoms with van der Waals surface area (Å²) in [5, 5.41) is 3.87. The van der Waals surface area contributed by atoms with E-state index < -0.39 is 0 Å². The molecule has 0 aromatic heterocycles. The molecule has 1 aromatic rings. The summed E-state index contributed by atoms with van der Waals surface area (Å²) < 4.78 is 1.05. The van der Waals surface area contributed by atoms with Gasteiger partial charge < -0.3 is 0 Å². The van der Waals surface area contributed by atoms with E-state index in [-0.39, 0.29) is 5.91 Å². The number of carbonyl (C=O) groups excluding carboxylic acids is 1. The summed E-state index contributed by atoms with van der Waals surface area (Å²) in [6.07, 6.45) is 0. The molecule has 1 heterocycles. The van der Waals surface area contributed by atoms with Gasteiger partial charge in [0.25, 0.3) is 0 Å². The van der Waals surface area contributed by atoms with E-state index in [9.17, 15) is 4.79 Å². The number of hydrogen-bond donors (Lipinski definition) is 0. The summed E-state index contributed by atoms with van der Waals surface area (Å²) in [6.45, 7) is 5.49. The maximum Gasteiger partial charge on any atom is 0.237 e. The Morgan fingerprint density at radius 2 is 1.94 bits per heavy atom. The molecule has 0 N–H and O–H groups in total. The Kier molecular flexibility index (Phi) is 3.19. The number of rotatable bonds is 1. The lowest BCUT2D eigenvalue weighted by Gasteiger charge is -2.28. The zero-order valence-corrected chi connectivity index (χ0v) is 11.1. The van der Waals surface area contributed by atoms with Gasteiger partial charge in [0.1, 0.15) is 0 Å². The minimum Gasteiger partial charge on any atom is -0.283 e. The van der Waals surface area contributed by atoms with Crippen LogP contribution in [0.15, 0.2) is 28.7 Å². The zero-order chi connectivity index (χ0) is 11.7. The molecule has 1 atom stereocenters. The minimum atomic E-state index is 0.104. The molecule has 1 unspecified atom stereocenters. The van der Waals surface area contributed by atoms with Crippen molar-refractivity contribution in [2.45, 2.75) is 13.8 Å². The first-order valence-corrected chi connectivity index (χ1v) is 6.18. The molecule has 0 saturated carbocycles. The number of amides is 1. The fourth-order valence-electron chi connectivity index (χ4n) is 2.00. The van der Waals surface area contributed by atoms with Gasteiger partial charge in [-0.15, -0.1) is 0 Å². The molecular formula is C12H15BrN2O. The van der Waals surface area contributed by atoms with Gasteiger partial charge in [0.15, 0.2) is 0 Å². The van der Waals surface area contributed by atoms with Gasteiger partial charge in [-0.05, 0) is 30.2 Å². The van der Waals surface area contributed by atoms with Crippen molar-refractivity contribution in [3.8, 4) is 0 Å². The standard InChI is InChI=1S/C12H15BrN2O/c1-9-7-14(10(2)16)15(8-9)12-5-3-11(13)4-6-12/h3-6,9H,7-8H2,1-2H3. The molecule has 2 rings (SSSR count). The number of halogens is 1. The van der Waals surface area contributed by atoms with Crippen LogP contribution in [0.25, 0.3) is 0 Å². The Bertz CT molecular complexity index is 391. The minimum absolute atomic E-state index is 0.104. The topological polar surface area (TPSA) is 23.6 Å². The molecule has 1 fully saturated rings. The normalized spacial score (nSPS) is 20.3. The van der Waals surface area contributed by atoms with Crippen molar-refractivity contribution in [2.75, 3.05) is 18.1 Å². The fraction of sp³-hybridized carbons (Fsp3) is 0.417. The lowest BCUT2D eigenvalue weighted by molar-refractivity contribution is -0.128. The Morgan fingerprint density at radius 1 is 1.31 bits per heavy atom. The average molecular weight is 283 g/mol. The van der Waals surface area contributed by atoms with Crippen molar-refractivity contribution in [3.63, 3.8) is 0 Å². The summed E-state index contributed by atoms with van der Waals surface area (Å²) in [6, 6.07) is 8.05. The maximum absolute atomic E-state index is 11.5. The van der Waals surface area contributed by atoms with E-state index in [0.29, 0.717) is 5.92 Å². The van der Waals surface area contributed by atoms with E-state index in [4.69, 9.17) is 0 Å². The number of hydrazine groups is 1. The second-order valence-electron chi connectivity index (χ2n) is 4.26. The van der Waals surface area contributed by atoms with E-state index >= 15 is 0 Å². The van der Waals surface area contributed by atoms with Gasteiger partial charge in [0.05, 0.1) is 5.69 Å². The van der Waals surface area contributed by atoms with E-state index in [0.717, 1.165) is 23.2 Å². The largest absolute Gasteiger partial charge is 0.283 e. The second kappa shape index (κ2) is 4.45. The van der Waals surface area contributed by atoms with Gasteiger partial charge >= 0.3 is 0 Å². The first-order chi connectivity index (χ1) is 7.58. The highest BCUT2D eigenvalue weighted by Crippen LogP contribution is 2.25. The van der Waals surface area contributed by atoms with Gasteiger partial charge in [-0.25, -0.2) is 0 Å². The Labute approximate surface area is 104 Å². The lowest BCUT2D eigenvalue weighted by atomic mass is 10.2. The van der Waals surface area contributed by atoms with E-state index in [1.165, 1.54) is 0 Å². The molecule has 0 aliphatic carbocycles. The SMILES string of the molecule is CC(=O)N1CC(C)CN1c1ccc(Br)cc1. The Hall–Kier alpha value is -1.03. The number of nitrogens with zero attached hydrogens (tertiary/aromatic N) is 2. The second-order valence-corrected chi connectivity index (χ2v) is 5.18. The summed E-state index contributed by atoms with van der Waals surface area (Å²) in [4.78, 5) is 11.5. The van der Waals surface area contributed by atoms with Crippen molar-refractivity contribution >= 4 is 27.5 Å². The molecule has 1 aliphatic heterocycles. The smallest absolute Gasteiger partial charge is 0.237 e. The van der Waals surface area contributed by atoms with Crippen LogP contribution in [-0.2, 0) is 4.79 Å². The molecule has 1 aliphatic rings. The average Bonchev–Trinajstić information content (AvgIpc) is 2.61. The molecule has 3 nitrogen and oxygen atoms in total. The highest BCUT2D eigenvalue weighted by Gasteiger charge is 2.29. The van der Waals surface area contributed by atoms with Crippen LogP contribution < -0.4 is 5.01 Å². The highest BCUT2D eigenvalue weighted by molar-refractivity contribution is 9.10. The predicted octanol–water partition coefficient (Wildman–Crippen LogP) is 2.67. The Balaban J connectivity index is 2.25. The van der Waals surface area contributed by atoms with Gasteiger partial charge in [0.2, 0.25) is 5.91 Å². The molecule has 1 aromatic carbocycles. The zero-order valence-electron chi connectivity index (χ0n) is 9.48. The Morgan fingerprint density at radius 3 is 2.50 bits per heavy atom. The van der Waals surface area contributed by atoms with Gasteiger partial charge in [-0.1, -0.05) is 22.9 Å². The van der Waals surface area contributed by atoms with Gasteiger partial charge in [-0.3, -0.25) is 14.8 Å². The van der Waals surface area contributed by atoms with Crippen LogP contribution in [0, 0.1) is 5.92 Å². The molecule has 86 valence electrons. The van der Waals surface area contributed by atoms with Crippen molar-refractivity contribution in [2.24, 2.45) is 5.92 Å². The molecule has 1 amide bonds. The predicted molar refractivity (Wildman–Crippen MR) is 68.0 cm³/mol. The van der Waals surface area contributed by atoms with Crippen LogP contribution in [0.5, 0.6) is 0 Å². The van der Waals surface area contributed by atoms with E-state index in [1.54, 1.807) is 6.92 Å². The maximum atomic E-state index is 11.5. The third kappa shape index (κ3) is 2.21. The molecule has 16 heavy (non-hydrogen) atoms. The van der Waals surface area contributed by atoms with Crippen LogP contribution in [0.1, 0.15) is 13.8 Å². The summed E-state index contributed by atoms with van der Waals surface area (Å²) in [5.74, 6) is 0.625. The molecule has 0 radical (unpaired) electrons. The molecule has 0 spiro atoms. The van der Waals surface area contributed by atoms with Crippen LogP contribution in [0.4, 0.5) is 5.69 Å². The number of hydrogen-bond acceptors (Lipinski definition) is 2. The summed E-state index contributed by atoms with van der Waals surface area (Å²) in [5.41, 5.74) is 1.07. The molecular weight excluding hydrogens is 268 g/mol. The van der Waals surface area contributed by atoms with Crippen molar-refractivity contribution in [1.82, 2.24) is 5.01 Å². The quantitative estimate of drug-likeness (QED) is 0.791. The van der Waals surface area contributed by atoms with Crippen LogP contribution in [-0.4, -0.2) is 24.0 Å². The van der Waals surface area contributed by atoms with Crippen molar-refractivity contribution in [1.29, 1.82) is 0 Å². The van der Waals surface area contributed by atoms with Crippen LogP contribution >= 0.6 is 15.9 Å². The van der Waals surface area contributed by atoms with E-state index in [1.807, 2.05) is 29.3 Å². The van der Waals surface area contributed by atoms with Crippen LogP contribution in [0.3, 0.4) is 0 Å². The van der Waals surface area contributed by atoms with Crippen molar-refractivity contribution < 1.29 is 4.79 Å². The lowest BCUT2D eigenvalue weighted by Crippen LogP contribution is -2.39. The van der Waals surface area contributed by atoms with Crippen molar-refractivity contribution in [3.05, 3.63) is 28.7 Å². The first-order valence-electron chi connectivity index (χ1n) is 5.39. The van der Waals surface area contributed by atoms with Crippen LogP contribution in [0.2, 0.25) is 0 Å². The van der Waals surface area contributed by atoms with Gasteiger partial charge in [0, 0.05) is 24.5 Å². The third-order valence-corrected chi connectivity index (χ3v) is 3.28. The highest BCUT2D eigenvalue weighted by atomic mass is 79.9. The molecule has 1 saturated heterocycles. The monoisotopic (exact) mass is 282 g/mol. The molecule has 4 heteroatoms. The van der Waals surface area contributed by atoms with Gasteiger partial charge in [-0.2, -0.15) is 0 Å². The number of benzene rings is 1. The summed E-state index contributed by atoms with van der Waals surface area (Å²) >= 11 is 3.41. The number of carbonyl (C=O) groups is 1. The number of anilines is 1. The summed E-state index contributed by atoms with van der Waals surface area (Å²) in [7, 11) is 0. The third-order valence-electron chi connectivity index (χ3n) is 2.75. The first kappa shape index (κ1) is 11.5.